The second-order valence-electron chi connectivity index (χ2n) is 5.85. The zero-order valence-corrected chi connectivity index (χ0v) is 10.4. The number of allylic oxidation sites excluding steroid dienone is 1. The van der Waals surface area contributed by atoms with E-state index < -0.39 is 6.17 Å². The maximum absolute atomic E-state index is 13.1. The van der Waals surface area contributed by atoms with Crippen molar-refractivity contribution in [2.24, 2.45) is 5.92 Å². The number of hydrogen-bond acceptors (Lipinski definition) is 2. The van der Waals surface area contributed by atoms with Crippen LogP contribution in [0.25, 0.3) is 0 Å². The molecule has 2 nitrogen and oxygen atoms in total. The molecular formula is C14H23FN2. The molecule has 0 aromatic heterocycles. The maximum atomic E-state index is 13.1. The molecule has 2 fully saturated rings. The first-order valence-electron chi connectivity index (χ1n) is 7.13. The van der Waals surface area contributed by atoms with Gasteiger partial charge < -0.3 is 0 Å². The summed E-state index contributed by atoms with van der Waals surface area (Å²) in [5.41, 5.74) is 1.43. The van der Waals surface area contributed by atoms with Crippen LogP contribution in [0.15, 0.2) is 11.6 Å². The van der Waals surface area contributed by atoms with E-state index in [9.17, 15) is 4.39 Å². The van der Waals surface area contributed by atoms with E-state index >= 15 is 0 Å². The van der Waals surface area contributed by atoms with Crippen LogP contribution < -0.4 is 10.6 Å². The van der Waals surface area contributed by atoms with Crippen LogP contribution in [-0.2, 0) is 0 Å². The molecule has 0 aromatic carbocycles. The minimum atomic E-state index is -0.598. The molecule has 96 valence electrons. The van der Waals surface area contributed by atoms with Gasteiger partial charge in [0.2, 0.25) is 0 Å². The lowest BCUT2D eigenvalue weighted by atomic mass is 9.93. The van der Waals surface area contributed by atoms with Crippen molar-refractivity contribution in [3.8, 4) is 0 Å². The van der Waals surface area contributed by atoms with Crippen LogP contribution >= 0.6 is 0 Å². The van der Waals surface area contributed by atoms with Gasteiger partial charge in [-0.15, -0.1) is 0 Å². The molecule has 1 heterocycles. The summed E-state index contributed by atoms with van der Waals surface area (Å²) >= 11 is 0. The molecular weight excluding hydrogens is 215 g/mol. The number of nitrogens with one attached hydrogen (secondary N) is 2. The van der Waals surface area contributed by atoms with Crippen LogP contribution in [0.3, 0.4) is 0 Å². The molecule has 0 bridgehead atoms. The predicted molar refractivity (Wildman–Crippen MR) is 67.5 cm³/mol. The molecule has 0 amide bonds. The number of hydrogen-bond donors (Lipinski definition) is 2. The molecule has 0 aromatic rings. The highest BCUT2D eigenvalue weighted by Gasteiger charge is 2.29. The van der Waals surface area contributed by atoms with E-state index in [0.717, 1.165) is 25.3 Å². The van der Waals surface area contributed by atoms with E-state index in [2.05, 4.69) is 16.7 Å². The Bertz CT molecular complexity index is 299. The summed E-state index contributed by atoms with van der Waals surface area (Å²) in [5, 5.41) is 7.21. The van der Waals surface area contributed by atoms with Crippen molar-refractivity contribution in [3.63, 3.8) is 0 Å². The highest BCUT2D eigenvalue weighted by atomic mass is 19.1. The van der Waals surface area contributed by atoms with Gasteiger partial charge >= 0.3 is 0 Å². The lowest BCUT2D eigenvalue weighted by Crippen LogP contribution is -2.34. The lowest BCUT2D eigenvalue weighted by Gasteiger charge is -2.21. The molecule has 3 heteroatoms. The van der Waals surface area contributed by atoms with Gasteiger partial charge in [-0.2, -0.15) is 0 Å². The van der Waals surface area contributed by atoms with E-state index in [1.165, 1.54) is 31.3 Å². The molecule has 3 rings (SSSR count). The quantitative estimate of drug-likeness (QED) is 0.735. The monoisotopic (exact) mass is 238 g/mol. The van der Waals surface area contributed by atoms with Gasteiger partial charge in [0.1, 0.15) is 6.17 Å². The molecule has 1 saturated carbocycles. The highest BCUT2D eigenvalue weighted by Crippen LogP contribution is 2.34. The minimum absolute atomic E-state index is 0.465. The summed E-state index contributed by atoms with van der Waals surface area (Å²) < 4.78 is 13.1. The van der Waals surface area contributed by atoms with Crippen LogP contribution in [0.1, 0.15) is 44.9 Å². The Labute approximate surface area is 103 Å². The lowest BCUT2D eigenvalue weighted by molar-refractivity contribution is 0.303. The summed E-state index contributed by atoms with van der Waals surface area (Å²) in [6.07, 6.45) is 9.80. The van der Waals surface area contributed by atoms with Crippen molar-refractivity contribution in [1.82, 2.24) is 10.6 Å². The molecule has 3 aliphatic rings. The van der Waals surface area contributed by atoms with Crippen molar-refractivity contribution in [1.29, 1.82) is 0 Å². The van der Waals surface area contributed by atoms with Crippen LogP contribution in [0, 0.1) is 5.92 Å². The molecule has 2 unspecified atom stereocenters. The van der Waals surface area contributed by atoms with Gasteiger partial charge in [0.05, 0.1) is 6.17 Å². The Morgan fingerprint density at radius 3 is 2.82 bits per heavy atom. The standard InChI is InChI=1S/C14H23FN2/c15-12-6-4-11(5-7-12)13-9-16-14(17-13)8-3-10-1-2-10/h4,10,12-14,16-17H,1-3,5-9H2/t12?,13?,14-/m0/s1. The topological polar surface area (TPSA) is 24.1 Å². The van der Waals surface area contributed by atoms with Crippen LogP contribution in [-0.4, -0.2) is 24.9 Å². The fourth-order valence-corrected chi connectivity index (χ4v) is 2.99. The summed E-state index contributed by atoms with van der Waals surface area (Å²) in [4.78, 5) is 0. The molecule has 2 aliphatic carbocycles. The van der Waals surface area contributed by atoms with E-state index in [1.807, 2.05) is 0 Å². The first-order chi connectivity index (χ1) is 8.31. The van der Waals surface area contributed by atoms with Gasteiger partial charge in [-0.25, -0.2) is 4.39 Å². The van der Waals surface area contributed by atoms with Gasteiger partial charge in [-0.05, 0) is 38.0 Å². The average Bonchev–Trinajstić information content (AvgIpc) is 3.06. The fraction of sp³-hybridized carbons (Fsp3) is 0.857. The van der Waals surface area contributed by atoms with Crippen LogP contribution in [0.4, 0.5) is 4.39 Å². The minimum Gasteiger partial charge on any atom is -0.300 e. The number of halogens is 1. The van der Waals surface area contributed by atoms with Gasteiger partial charge in [0, 0.05) is 12.6 Å². The van der Waals surface area contributed by atoms with E-state index in [1.54, 1.807) is 0 Å². The molecule has 1 saturated heterocycles. The second kappa shape index (κ2) is 5.07. The van der Waals surface area contributed by atoms with E-state index in [4.69, 9.17) is 0 Å². The van der Waals surface area contributed by atoms with Gasteiger partial charge in [-0.1, -0.05) is 24.5 Å². The first-order valence-corrected chi connectivity index (χ1v) is 7.13. The smallest absolute Gasteiger partial charge is 0.104 e. The van der Waals surface area contributed by atoms with E-state index in [-0.39, 0.29) is 0 Å². The molecule has 3 atom stereocenters. The Kier molecular flexibility index (Phi) is 3.48. The first kappa shape index (κ1) is 11.7. The average molecular weight is 238 g/mol. The molecule has 2 N–H and O–H groups in total. The third-order valence-electron chi connectivity index (χ3n) is 4.36. The molecule has 0 spiro atoms. The summed E-state index contributed by atoms with van der Waals surface area (Å²) in [6.45, 7) is 1.03. The second-order valence-corrected chi connectivity index (χ2v) is 5.85. The highest BCUT2D eigenvalue weighted by molar-refractivity contribution is 5.17. The number of rotatable bonds is 4. The fourth-order valence-electron chi connectivity index (χ4n) is 2.99. The summed E-state index contributed by atoms with van der Waals surface area (Å²) in [5.74, 6) is 1.01. The normalized spacial score (nSPS) is 38.2. The molecule has 0 radical (unpaired) electrons. The Hall–Kier alpha value is -0.410. The van der Waals surface area contributed by atoms with Crippen molar-refractivity contribution in [2.45, 2.75) is 63.3 Å². The van der Waals surface area contributed by atoms with Crippen molar-refractivity contribution >= 4 is 0 Å². The van der Waals surface area contributed by atoms with Gasteiger partial charge in [-0.3, -0.25) is 10.6 Å². The third-order valence-corrected chi connectivity index (χ3v) is 4.36. The largest absolute Gasteiger partial charge is 0.300 e. The van der Waals surface area contributed by atoms with Gasteiger partial charge in [0.25, 0.3) is 0 Å². The summed E-state index contributed by atoms with van der Waals surface area (Å²) in [7, 11) is 0. The predicted octanol–water partition coefficient (Wildman–Crippen LogP) is 2.51. The Balaban J connectivity index is 1.46. The van der Waals surface area contributed by atoms with Crippen molar-refractivity contribution < 1.29 is 4.39 Å². The maximum Gasteiger partial charge on any atom is 0.104 e. The van der Waals surface area contributed by atoms with E-state index in [0.29, 0.717) is 18.6 Å². The Morgan fingerprint density at radius 2 is 2.12 bits per heavy atom. The van der Waals surface area contributed by atoms with Crippen LogP contribution in [0.2, 0.25) is 0 Å². The SMILES string of the molecule is FC1CC=C(C2CN[C@H](CCC3CC3)N2)CC1. The zero-order valence-electron chi connectivity index (χ0n) is 10.4. The van der Waals surface area contributed by atoms with Crippen molar-refractivity contribution in [3.05, 3.63) is 11.6 Å². The van der Waals surface area contributed by atoms with Crippen molar-refractivity contribution in [2.75, 3.05) is 6.54 Å². The molecule has 1 aliphatic heterocycles. The number of alkyl halides is 1. The zero-order chi connectivity index (χ0) is 11.7. The molecule has 17 heavy (non-hydrogen) atoms. The Morgan fingerprint density at radius 1 is 1.24 bits per heavy atom. The summed E-state index contributed by atoms with van der Waals surface area (Å²) in [6, 6.07) is 0.465. The van der Waals surface area contributed by atoms with Gasteiger partial charge in [0.15, 0.2) is 0 Å². The van der Waals surface area contributed by atoms with Crippen LogP contribution in [0.5, 0.6) is 0 Å². The third kappa shape index (κ3) is 3.08.